The van der Waals surface area contributed by atoms with Crippen molar-refractivity contribution in [1.82, 2.24) is 4.57 Å². The molecule has 0 aliphatic carbocycles. The van der Waals surface area contributed by atoms with Crippen molar-refractivity contribution in [3.8, 4) is 11.9 Å². The SMILES string of the molecule is CCCCn1c(O)c(C#N)c(C)c(N=Nc2ccccc2C)c1=O. The maximum Gasteiger partial charge on any atom is 0.281 e. The maximum atomic E-state index is 12.6. The lowest BCUT2D eigenvalue weighted by molar-refractivity contribution is 0.399. The van der Waals surface area contributed by atoms with Crippen molar-refractivity contribution in [2.45, 2.75) is 40.2 Å². The zero-order chi connectivity index (χ0) is 17.7. The van der Waals surface area contributed by atoms with Crippen molar-refractivity contribution < 1.29 is 5.11 Å². The highest BCUT2D eigenvalue weighted by Gasteiger charge is 2.18. The Labute approximate surface area is 140 Å². The molecule has 124 valence electrons. The Morgan fingerprint density at radius 3 is 2.58 bits per heavy atom. The highest BCUT2D eigenvalue weighted by atomic mass is 16.3. The van der Waals surface area contributed by atoms with Gasteiger partial charge >= 0.3 is 0 Å². The molecule has 2 rings (SSSR count). The van der Waals surface area contributed by atoms with Crippen molar-refractivity contribution in [1.29, 1.82) is 5.26 Å². The van der Waals surface area contributed by atoms with E-state index in [2.05, 4.69) is 10.2 Å². The van der Waals surface area contributed by atoms with Crippen LogP contribution in [-0.2, 0) is 6.54 Å². The Morgan fingerprint density at radius 2 is 1.96 bits per heavy atom. The van der Waals surface area contributed by atoms with Crippen LogP contribution in [0.1, 0.15) is 36.5 Å². The molecule has 0 saturated carbocycles. The second-order valence-electron chi connectivity index (χ2n) is 5.58. The van der Waals surface area contributed by atoms with Gasteiger partial charge in [0.25, 0.3) is 5.56 Å². The van der Waals surface area contributed by atoms with Crippen LogP contribution in [0.3, 0.4) is 0 Å². The van der Waals surface area contributed by atoms with Crippen LogP contribution in [0.15, 0.2) is 39.3 Å². The van der Waals surface area contributed by atoms with E-state index in [0.29, 0.717) is 17.8 Å². The molecule has 6 heteroatoms. The number of pyridine rings is 1. The zero-order valence-electron chi connectivity index (χ0n) is 14.1. The Bertz CT molecular complexity index is 876. The van der Waals surface area contributed by atoms with Crippen LogP contribution in [0.25, 0.3) is 0 Å². The molecule has 0 spiro atoms. The quantitative estimate of drug-likeness (QED) is 0.833. The number of nitrogens with zero attached hydrogens (tertiary/aromatic N) is 4. The van der Waals surface area contributed by atoms with Crippen LogP contribution in [-0.4, -0.2) is 9.67 Å². The molecule has 0 atom stereocenters. The van der Waals surface area contributed by atoms with Gasteiger partial charge < -0.3 is 5.11 Å². The number of aromatic nitrogens is 1. The summed E-state index contributed by atoms with van der Waals surface area (Å²) in [5.41, 5.74) is 1.64. The Balaban J connectivity index is 2.59. The van der Waals surface area contributed by atoms with Gasteiger partial charge in [0.05, 0.1) is 5.69 Å². The van der Waals surface area contributed by atoms with Crippen molar-refractivity contribution in [3.63, 3.8) is 0 Å². The van der Waals surface area contributed by atoms with Crippen LogP contribution >= 0.6 is 0 Å². The molecule has 0 saturated heterocycles. The number of aromatic hydroxyl groups is 1. The average Bonchev–Trinajstić information content (AvgIpc) is 2.56. The lowest BCUT2D eigenvalue weighted by Gasteiger charge is -2.12. The molecular weight excluding hydrogens is 304 g/mol. The summed E-state index contributed by atoms with van der Waals surface area (Å²) in [4.78, 5) is 12.6. The van der Waals surface area contributed by atoms with Gasteiger partial charge in [0, 0.05) is 12.1 Å². The summed E-state index contributed by atoms with van der Waals surface area (Å²) in [6.07, 6.45) is 1.58. The lowest BCUT2D eigenvalue weighted by Crippen LogP contribution is -2.22. The molecule has 2 aromatic rings. The van der Waals surface area contributed by atoms with Gasteiger partial charge in [-0.1, -0.05) is 31.5 Å². The first-order valence-corrected chi connectivity index (χ1v) is 7.85. The summed E-state index contributed by atoms with van der Waals surface area (Å²) >= 11 is 0. The summed E-state index contributed by atoms with van der Waals surface area (Å²) in [6.45, 7) is 5.82. The summed E-state index contributed by atoms with van der Waals surface area (Å²) in [5, 5.41) is 27.7. The maximum absolute atomic E-state index is 12.6. The molecular formula is C18H20N4O2. The first-order chi connectivity index (χ1) is 11.5. The molecule has 0 aliphatic heterocycles. The fourth-order valence-electron chi connectivity index (χ4n) is 2.36. The van der Waals surface area contributed by atoms with E-state index in [9.17, 15) is 15.2 Å². The average molecular weight is 324 g/mol. The lowest BCUT2D eigenvalue weighted by atomic mass is 10.1. The molecule has 6 nitrogen and oxygen atoms in total. The minimum Gasteiger partial charge on any atom is -0.493 e. The van der Waals surface area contributed by atoms with E-state index >= 15 is 0 Å². The standard InChI is InChI=1S/C18H20N4O2/c1-4-5-10-22-17(23)14(11-19)13(3)16(18(22)24)21-20-15-9-7-6-8-12(15)2/h6-9,23H,4-5,10H2,1-3H3. The van der Waals surface area contributed by atoms with Gasteiger partial charge in [-0.15, -0.1) is 5.11 Å². The second kappa shape index (κ2) is 7.55. The predicted molar refractivity (Wildman–Crippen MR) is 92.1 cm³/mol. The fourth-order valence-corrected chi connectivity index (χ4v) is 2.36. The molecule has 0 unspecified atom stereocenters. The first-order valence-electron chi connectivity index (χ1n) is 7.85. The Kier molecular flexibility index (Phi) is 5.48. The number of hydrogen-bond donors (Lipinski definition) is 1. The van der Waals surface area contributed by atoms with Crippen LogP contribution in [0.5, 0.6) is 5.88 Å². The minimum absolute atomic E-state index is 0.0597. The molecule has 1 aromatic heterocycles. The van der Waals surface area contributed by atoms with E-state index in [1.807, 2.05) is 38.1 Å². The van der Waals surface area contributed by atoms with Crippen molar-refractivity contribution in [3.05, 3.63) is 51.3 Å². The van der Waals surface area contributed by atoms with Gasteiger partial charge in [-0.05, 0) is 31.9 Å². The third kappa shape index (κ3) is 3.35. The largest absolute Gasteiger partial charge is 0.493 e. The molecule has 1 heterocycles. The van der Waals surface area contributed by atoms with E-state index in [-0.39, 0.29) is 17.1 Å². The van der Waals surface area contributed by atoms with Crippen LogP contribution in [0, 0.1) is 25.2 Å². The monoisotopic (exact) mass is 324 g/mol. The van der Waals surface area contributed by atoms with Gasteiger partial charge in [-0.2, -0.15) is 10.4 Å². The van der Waals surface area contributed by atoms with Crippen molar-refractivity contribution >= 4 is 11.4 Å². The second-order valence-corrected chi connectivity index (χ2v) is 5.58. The fraction of sp³-hybridized carbons (Fsp3) is 0.333. The zero-order valence-corrected chi connectivity index (χ0v) is 14.1. The van der Waals surface area contributed by atoms with E-state index < -0.39 is 5.56 Å². The summed E-state index contributed by atoms with van der Waals surface area (Å²) in [7, 11) is 0. The number of unbranched alkanes of at least 4 members (excludes halogenated alkanes) is 1. The highest BCUT2D eigenvalue weighted by Crippen LogP contribution is 2.27. The first kappa shape index (κ1) is 17.4. The minimum atomic E-state index is -0.435. The highest BCUT2D eigenvalue weighted by molar-refractivity contribution is 5.57. The summed E-state index contributed by atoms with van der Waals surface area (Å²) < 4.78 is 1.20. The molecule has 0 fully saturated rings. The van der Waals surface area contributed by atoms with Crippen LogP contribution < -0.4 is 5.56 Å². The number of rotatable bonds is 5. The smallest absolute Gasteiger partial charge is 0.281 e. The van der Waals surface area contributed by atoms with E-state index in [4.69, 9.17) is 0 Å². The molecule has 0 amide bonds. The number of aryl methyl sites for hydroxylation is 1. The van der Waals surface area contributed by atoms with Gasteiger partial charge in [-0.3, -0.25) is 9.36 Å². The van der Waals surface area contributed by atoms with Gasteiger partial charge in [0.2, 0.25) is 5.88 Å². The molecule has 0 radical (unpaired) electrons. The van der Waals surface area contributed by atoms with Crippen LogP contribution in [0.2, 0.25) is 0 Å². The van der Waals surface area contributed by atoms with E-state index in [1.165, 1.54) is 4.57 Å². The summed E-state index contributed by atoms with van der Waals surface area (Å²) in [6, 6.07) is 9.38. The van der Waals surface area contributed by atoms with Crippen LogP contribution in [0.4, 0.5) is 11.4 Å². The molecule has 1 aromatic carbocycles. The molecule has 24 heavy (non-hydrogen) atoms. The third-order valence-electron chi connectivity index (χ3n) is 3.88. The van der Waals surface area contributed by atoms with E-state index in [0.717, 1.165) is 18.4 Å². The normalized spacial score (nSPS) is 10.9. The molecule has 0 aliphatic rings. The van der Waals surface area contributed by atoms with Gasteiger partial charge in [0.1, 0.15) is 11.6 Å². The number of benzene rings is 1. The van der Waals surface area contributed by atoms with Gasteiger partial charge in [0.15, 0.2) is 5.69 Å². The van der Waals surface area contributed by atoms with Crippen molar-refractivity contribution in [2.75, 3.05) is 0 Å². The Morgan fingerprint density at radius 1 is 1.25 bits per heavy atom. The number of hydrogen-bond acceptors (Lipinski definition) is 5. The van der Waals surface area contributed by atoms with E-state index in [1.54, 1.807) is 13.0 Å². The number of azo groups is 1. The topological polar surface area (TPSA) is 90.7 Å². The molecule has 0 bridgehead atoms. The summed E-state index contributed by atoms with van der Waals surface area (Å²) in [5.74, 6) is -0.303. The Hall–Kier alpha value is -2.94. The predicted octanol–water partition coefficient (Wildman–Crippen LogP) is 4.26. The molecule has 1 N–H and O–H groups in total. The number of nitriles is 1. The van der Waals surface area contributed by atoms with Crippen molar-refractivity contribution in [2.24, 2.45) is 10.2 Å². The third-order valence-corrected chi connectivity index (χ3v) is 3.88. The van der Waals surface area contributed by atoms with Gasteiger partial charge in [-0.25, -0.2) is 0 Å².